The van der Waals surface area contributed by atoms with E-state index < -0.39 is 11.5 Å². The van der Waals surface area contributed by atoms with Crippen LogP contribution in [0.4, 0.5) is 0 Å². The quantitative estimate of drug-likeness (QED) is 0.686. The summed E-state index contributed by atoms with van der Waals surface area (Å²) in [6.45, 7) is 1.93. The Labute approximate surface area is 76.4 Å². The van der Waals surface area contributed by atoms with E-state index in [4.69, 9.17) is 5.11 Å². The maximum absolute atomic E-state index is 10.9. The van der Waals surface area contributed by atoms with Gasteiger partial charge in [0.25, 0.3) is 0 Å². The van der Waals surface area contributed by atoms with Gasteiger partial charge in [-0.1, -0.05) is 0 Å². The zero-order valence-corrected chi connectivity index (χ0v) is 7.69. The number of hydrogen-bond donors (Lipinski definition) is 2. The lowest BCUT2D eigenvalue weighted by Gasteiger charge is -2.23. The summed E-state index contributed by atoms with van der Waals surface area (Å²) in [5, 5.41) is 15.6. The number of aliphatic carboxylic acids is 1. The minimum atomic E-state index is -0.966. The minimum Gasteiger partial charge on any atom is -0.480 e. The summed E-state index contributed by atoms with van der Waals surface area (Å²) >= 11 is 0. The highest BCUT2D eigenvalue weighted by Crippen LogP contribution is 2.06. The first-order chi connectivity index (χ1) is 6.08. The van der Waals surface area contributed by atoms with Gasteiger partial charge in [-0.2, -0.15) is 5.10 Å². The molecule has 1 aromatic heterocycles. The highest BCUT2D eigenvalue weighted by atomic mass is 16.4. The van der Waals surface area contributed by atoms with Crippen LogP contribution in [0.1, 0.15) is 6.92 Å². The molecule has 1 aromatic rings. The number of carbonyl (C=O) groups is 1. The molecule has 0 radical (unpaired) electrons. The molecule has 0 aliphatic carbocycles. The van der Waals surface area contributed by atoms with E-state index in [9.17, 15) is 4.79 Å². The number of carboxylic acid groups (broad SMARTS) is 1. The van der Waals surface area contributed by atoms with Crippen molar-refractivity contribution < 1.29 is 9.90 Å². The van der Waals surface area contributed by atoms with Crippen LogP contribution in [-0.2, 0) is 11.3 Å². The fraction of sp³-hybridized carbons (Fsp3) is 0.500. The third-order valence-corrected chi connectivity index (χ3v) is 2.06. The molecule has 2 N–H and O–H groups in total. The van der Waals surface area contributed by atoms with Gasteiger partial charge in [0.1, 0.15) is 5.54 Å². The summed E-state index contributed by atoms with van der Waals surface area (Å²) in [5.74, 6) is -0.884. The lowest BCUT2D eigenvalue weighted by atomic mass is 10.0. The van der Waals surface area contributed by atoms with Gasteiger partial charge in [0.05, 0.1) is 6.54 Å². The smallest absolute Gasteiger partial charge is 0.325 e. The molecule has 5 nitrogen and oxygen atoms in total. The van der Waals surface area contributed by atoms with Crippen molar-refractivity contribution in [2.75, 3.05) is 7.05 Å². The molecular formula is C8H13N3O2. The number of aromatic nitrogens is 2. The molecule has 72 valence electrons. The van der Waals surface area contributed by atoms with E-state index >= 15 is 0 Å². The summed E-state index contributed by atoms with van der Waals surface area (Å²) in [6.07, 6.45) is 3.36. The maximum atomic E-state index is 10.9. The first kappa shape index (κ1) is 9.73. The molecule has 5 heteroatoms. The molecule has 0 aromatic carbocycles. The molecule has 0 fully saturated rings. The van der Waals surface area contributed by atoms with Crippen molar-refractivity contribution in [2.24, 2.45) is 0 Å². The normalized spacial score (nSPS) is 15.2. The van der Waals surface area contributed by atoms with Crippen molar-refractivity contribution in [1.82, 2.24) is 15.1 Å². The Morgan fingerprint density at radius 3 is 2.85 bits per heavy atom. The van der Waals surface area contributed by atoms with Gasteiger partial charge in [-0.3, -0.25) is 9.48 Å². The molecule has 13 heavy (non-hydrogen) atoms. The van der Waals surface area contributed by atoms with Gasteiger partial charge < -0.3 is 10.4 Å². The predicted molar refractivity (Wildman–Crippen MR) is 47.3 cm³/mol. The van der Waals surface area contributed by atoms with Crippen molar-refractivity contribution >= 4 is 5.97 Å². The Bertz CT molecular complexity index is 284. The summed E-state index contributed by atoms with van der Waals surface area (Å²) < 4.78 is 1.59. The van der Waals surface area contributed by atoms with Crippen molar-refractivity contribution in [1.29, 1.82) is 0 Å². The lowest BCUT2D eigenvalue weighted by molar-refractivity contribution is -0.144. The highest BCUT2D eigenvalue weighted by Gasteiger charge is 2.31. The zero-order chi connectivity index (χ0) is 9.90. The maximum Gasteiger partial charge on any atom is 0.325 e. The van der Waals surface area contributed by atoms with E-state index in [1.807, 2.05) is 0 Å². The number of nitrogens with one attached hydrogen (secondary N) is 1. The Morgan fingerprint density at radius 2 is 2.46 bits per heavy atom. The molecule has 0 aliphatic heterocycles. The van der Waals surface area contributed by atoms with Gasteiger partial charge in [0.2, 0.25) is 0 Å². The van der Waals surface area contributed by atoms with Crippen LogP contribution in [0.5, 0.6) is 0 Å². The first-order valence-electron chi connectivity index (χ1n) is 3.98. The molecule has 1 atom stereocenters. The molecule has 0 saturated heterocycles. The number of likely N-dealkylation sites (N-methyl/N-ethyl adjacent to an activating group) is 1. The van der Waals surface area contributed by atoms with Crippen LogP contribution in [0.3, 0.4) is 0 Å². The third kappa shape index (κ3) is 2.06. The van der Waals surface area contributed by atoms with Gasteiger partial charge in [0.15, 0.2) is 0 Å². The van der Waals surface area contributed by atoms with Crippen molar-refractivity contribution in [3.63, 3.8) is 0 Å². The average Bonchev–Trinajstić information content (AvgIpc) is 2.56. The average molecular weight is 183 g/mol. The second kappa shape index (κ2) is 3.57. The molecule has 0 amide bonds. The second-order valence-electron chi connectivity index (χ2n) is 3.09. The lowest BCUT2D eigenvalue weighted by Crippen LogP contribution is -2.50. The van der Waals surface area contributed by atoms with Crippen molar-refractivity contribution in [3.8, 4) is 0 Å². The van der Waals surface area contributed by atoms with Crippen LogP contribution in [0.25, 0.3) is 0 Å². The summed E-state index contributed by atoms with van der Waals surface area (Å²) in [7, 11) is 1.62. The molecule has 1 heterocycles. The number of nitrogens with zero attached hydrogens (tertiary/aromatic N) is 2. The summed E-state index contributed by atoms with van der Waals surface area (Å²) in [5.41, 5.74) is -0.966. The van der Waals surface area contributed by atoms with Crippen LogP contribution in [0, 0.1) is 0 Å². The fourth-order valence-corrected chi connectivity index (χ4v) is 0.972. The molecular weight excluding hydrogens is 170 g/mol. The van der Waals surface area contributed by atoms with Crippen LogP contribution in [0.15, 0.2) is 18.5 Å². The highest BCUT2D eigenvalue weighted by molar-refractivity contribution is 5.78. The van der Waals surface area contributed by atoms with E-state index in [-0.39, 0.29) is 0 Å². The Hall–Kier alpha value is -1.36. The monoisotopic (exact) mass is 183 g/mol. The number of rotatable bonds is 4. The van der Waals surface area contributed by atoms with Gasteiger partial charge in [0, 0.05) is 12.4 Å². The van der Waals surface area contributed by atoms with Crippen LogP contribution in [0.2, 0.25) is 0 Å². The van der Waals surface area contributed by atoms with E-state index in [1.165, 1.54) is 0 Å². The summed E-state index contributed by atoms with van der Waals surface area (Å²) in [4.78, 5) is 10.9. The van der Waals surface area contributed by atoms with E-state index in [0.717, 1.165) is 0 Å². The summed E-state index contributed by atoms with van der Waals surface area (Å²) in [6, 6.07) is 1.76. The van der Waals surface area contributed by atoms with Gasteiger partial charge in [-0.15, -0.1) is 0 Å². The van der Waals surface area contributed by atoms with E-state index in [0.29, 0.717) is 6.54 Å². The standard InChI is InChI=1S/C8H13N3O2/c1-8(9-2,7(12)13)6-11-5-3-4-10-11/h3-5,9H,6H2,1-2H3,(H,12,13). The van der Waals surface area contributed by atoms with Crippen molar-refractivity contribution in [2.45, 2.75) is 19.0 Å². The minimum absolute atomic E-state index is 0.311. The van der Waals surface area contributed by atoms with Crippen LogP contribution >= 0.6 is 0 Å². The Morgan fingerprint density at radius 1 is 1.77 bits per heavy atom. The molecule has 0 saturated carbocycles. The Balaban J connectivity index is 2.75. The zero-order valence-electron chi connectivity index (χ0n) is 7.69. The first-order valence-corrected chi connectivity index (χ1v) is 3.98. The van der Waals surface area contributed by atoms with E-state index in [1.54, 1.807) is 37.1 Å². The topological polar surface area (TPSA) is 67.2 Å². The predicted octanol–water partition coefficient (Wildman–Crippen LogP) is -0.0542. The molecule has 1 rings (SSSR count). The SMILES string of the molecule is CNC(C)(Cn1cccn1)C(=O)O. The van der Waals surface area contributed by atoms with Gasteiger partial charge in [-0.05, 0) is 20.0 Å². The number of hydrogen-bond acceptors (Lipinski definition) is 3. The molecule has 0 bridgehead atoms. The molecule has 0 aliphatic rings. The van der Waals surface area contributed by atoms with Gasteiger partial charge >= 0.3 is 5.97 Å². The fourth-order valence-electron chi connectivity index (χ4n) is 0.972. The third-order valence-electron chi connectivity index (χ3n) is 2.06. The van der Waals surface area contributed by atoms with Crippen LogP contribution < -0.4 is 5.32 Å². The molecule has 1 unspecified atom stereocenters. The van der Waals surface area contributed by atoms with Crippen molar-refractivity contribution in [3.05, 3.63) is 18.5 Å². The second-order valence-corrected chi connectivity index (χ2v) is 3.09. The largest absolute Gasteiger partial charge is 0.480 e. The van der Waals surface area contributed by atoms with E-state index in [2.05, 4.69) is 10.4 Å². The number of carboxylic acids is 1. The molecule has 0 spiro atoms. The van der Waals surface area contributed by atoms with Gasteiger partial charge in [-0.25, -0.2) is 0 Å². The van der Waals surface area contributed by atoms with Crippen LogP contribution in [-0.4, -0.2) is 33.4 Å². The Kier molecular flexibility index (Phi) is 2.67.